The van der Waals surface area contributed by atoms with E-state index in [0.29, 0.717) is 5.75 Å². The number of ether oxygens (including phenoxy) is 1. The zero-order valence-electron chi connectivity index (χ0n) is 15.9. The monoisotopic (exact) mass is 405 g/mol. The molecule has 8 nitrogen and oxygen atoms in total. The third-order valence-electron chi connectivity index (χ3n) is 3.80. The van der Waals surface area contributed by atoms with Gasteiger partial charge < -0.3 is 4.74 Å². The molecule has 2 aromatic carbocycles. The zero-order valence-corrected chi connectivity index (χ0v) is 16.7. The molecule has 0 spiro atoms. The predicted octanol–water partition coefficient (Wildman–Crippen LogP) is 1.15. The highest BCUT2D eigenvalue weighted by Crippen LogP contribution is 2.14. The van der Waals surface area contributed by atoms with Gasteiger partial charge in [-0.05, 0) is 43.7 Å². The minimum Gasteiger partial charge on any atom is -0.484 e. The van der Waals surface area contributed by atoms with Gasteiger partial charge in [-0.3, -0.25) is 20.4 Å². The number of benzene rings is 2. The quantitative estimate of drug-likeness (QED) is 0.673. The van der Waals surface area contributed by atoms with Gasteiger partial charge in [-0.2, -0.15) is 4.31 Å². The number of hydrogen-bond donors (Lipinski definition) is 2. The van der Waals surface area contributed by atoms with Crippen LogP contribution in [0.25, 0.3) is 0 Å². The second kappa shape index (κ2) is 9.34. The molecular formula is C19H23N3O5S. The molecule has 2 N–H and O–H groups in total. The molecular weight excluding hydrogens is 382 g/mol. The second-order valence-corrected chi connectivity index (χ2v) is 8.32. The third-order valence-corrected chi connectivity index (χ3v) is 5.61. The molecule has 0 heterocycles. The minimum atomic E-state index is -3.80. The zero-order chi connectivity index (χ0) is 20.7. The summed E-state index contributed by atoms with van der Waals surface area (Å²) in [7, 11) is -2.52. The molecule has 0 saturated heterocycles. The summed E-state index contributed by atoms with van der Waals surface area (Å²) in [6.45, 7) is 3.00. The maximum absolute atomic E-state index is 12.4. The Morgan fingerprint density at radius 1 is 0.964 bits per heavy atom. The smallest absolute Gasteiger partial charge is 0.276 e. The number of carbonyl (C=O) groups is 2. The van der Waals surface area contributed by atoms with E-state index in [2.05, 4.69) is 10.9 Å². The fraction of sp³-hybridized carbons (Fsp3) is 0.263. The summed E-state index contributed by atoms with van der Waals surface area (Å²) in [5.41, 5.74) is 6.27. The van der Waals surface area contributed by atoms with Crippen molar-refractivity contribution >= 4 is 21.8 Å². The van der Waals surface area contributed by atoms with E-state index in [-0.39, 0.29) is 11.5 Å². The van der Waals surface area contributed by atoms with Crippen molar-refractivity contribution < 1.29 is 22.7 Å². The van der Waals surface area contributed by atoms with E-state index >= 15 is 0 Å². The fourth-order valence-electron chi connectivity index (χ4n) is 2.25. The molecule has 0 atom stereocenters. The van der Waals surface area contributed by atoms with Crippen LogP contribution in [0.4, 0.5) is 0 Å². The van der Waals surface area contributed by atoms with Gasteiger partial charge in [0.2, 0.25) is 10.0 Å². The van der Waals surface area contributed by atoms with Gasteiger partial charge in [0.1, 0.15) is 5.75 Å². The molecule has 0 aliphatic heterocycles. The largest absolute Gasteiger partial charge is 0.484 e. The van der Waals surface area contributed by atoms with Crippen LogP contribution >= 0.6 is 0 Å². The van der Waals surface area contributed by atoms with Crippen LogP contribution in [-0.2, 0) is 19.6 Å². The van der Waals surface area contributed by atoms with Gasteiger partial charge in [-0.15, -0.1) is 0 Å². The number of rotatable bonds is 7. The van der Waals surface area contributed by atoms with Crippen LogP contribution in [0.5, 0.6) is 5.75 Å². The molecule has 2 amide bonds. The molecule has 0 aliphatic rings. The number of nitrogens with zero attached hydrogens (tertiary/aromatic N) is 1. The Bertz CT molecular complexity index is 942. The van der Waals surface area contributed by atoms with E-state index in [1.165, 1.54) is 19.2 Å². The minimum absolute atomic E-state index is 0.0870. The Balaban J connectivity index is 1.81. The van der Waals surface area contributed by atoms with Crippen molar-refractivity contribution in [2.24, 2.45) is 0 Å². The summed E-state index contributed by atoms with van der Waals surface area (Å²) in [6, 6.07) is 13.5. The van der Waals surface area contributed by atoms with Crippen molar-refractivity contribution in [2.75, 3.05) is 20.2 Å². The Hall–Kier alpha value is -2.91. The second-order valence-electron chi connectivity index (χ2n) is 6.28. The van der Waals surface area contributed by atoms with E-state index in [9.17, 15) is 18.0 Å². The summed E-state index contributed by atoms with van der Waals surface area (Å²) in [5, 5.41) is 0. The predicted molar refractivity (Wildman–Crippen MR) is 104 cm³/mol. The number of hydrogen-bond acceptors (Lipinski definition) is 5. The highest BCUT2D eigenvalue weighted by atomic mass is 32.2. The van der Waals surface area contributed by atoms with Crippen molar-refractivity contribution in [1.29, 1.82) is 0 Å². The summed E-state index contributed by atoms with van der Waals surface area (Å²) in [4.78, 5) is 23.8. The first-order chi connectivity index (χ1) is 13.2. The lowest BCUT2D eigenvalue weighted by molar-refractivity contribution is -0.130. The molecule has 2 aromatic rings. The number of likely N-dealkylation sites (N-methyl/N-ethyl adjacent to an activating group) is 1. The van der Waals surface area contributed by atoms with Crippen LogP contribution in [0.2, 0.25) is 0 Å². The van der Waals surface area contributed by atoms with Gasteiger partial charge >= 0.3 is 0 Å². The van der Waals surface area contributed by atoms with Crippen LogP contribution in [-0.4, -0.2) is 44.7 Å². The number of amides is 2. The van der Waals surface area contributed by atoms with Crippen LogP contribution in [0.15, 0.2) is 53.4 Å². The lowest BCUT2D eigenvalue weighted by Gasteiger charge is -2.17. The molecule has 9 heteroatoms. The molecule has 0 aliphatic carbocycles. The number of sulfonamides is 1. The van der Waals surface area contributed by atoms with Gasteiger partial charge in [0, 0.05) is 7.05 Å². The van der Waals surface area contributed by atoms with Crippen molar-refractivity contribution in [3.63, 3.8) is 0 Å². The van der Waals surface area contributed by atoms with Gasteiger partial charge in [-0.25, -0.2) is 8.42 Å². The molecule has 0 radical (unpaired) electrons. The highest BCUT2D eigenvalue weighted by molar-refractivity contribution is 7.89. The van der Waals surface area contributed by atoms with Crippen LogP contribution in [0.3, 0.4) is 0 Å². The Kier molecular flexibility index (Phi) is 7.13. The molecule has 0 fully saturated rings. The summed E-state index contributed by atoms with van der Waals surface area (Å²) < 4.78 is 31.1. The van der Waals surface area contributed by atoms with Gasteiger partial charge in [0.15, 0.2) is 6.61 Å². The third kappa shape index (κ3) is 6.07. The van der Waals surface area contributed by atoms with Crippen molar-refractivity contribution in [1.82, 2.24) is 15.2 Å². The first-order valence-electron chi connectivity index (χ1n) is 8.48. The SMILES string of the molecule is Cc1ccc(S(=O)(=O)N(C)CC(=O)NNC(=O)COc2cccc(C)c2)cc1. The Labute approximate surface area is 164 Å². The maximum Gasteiger partial charge on any atom is 0.276 e. The highest BCUT2D eigenvalue weighted by Gasteiger charge is 2.23. The lowest BCUT2D eigenvalue weighted by atomic mass is 10.2. The average molecular weight is 405 g/mol. The molecule has 2 rings (SSSR count). The van der Waals surface area contributed by atoms with E-state index in [4.69, 9.17) is 4.74 Å². The Morgan fingerprint density at radius 2 is 1.61 bits per heavy atom. The number of aryl methyl sites for hydroxylation is 2. The number of nitrogens with one attached hydrogen (secondary N) is 2. The standard InChI is InChI=1S/C19H23N3O5S/c1-14-7-9-17(10-8-14)28(25,26)22(3)12-18(23)20-21-19(24)13-27-16-6-4-5-15(2)11-16/h4-11H,12-13H2,1-3H3,(H,20,23)(H,21,24). The topological polar surface area (TPSA) is 105 Å². The summed E-state index contributed by atoms with van der Waals surface area (Å²) in [5.74, 6) is -0.716. The van der Waals surface area contributed by atoms with Gasteiger partial charge in [-0.1, -0.05) is 29.8 Å². The van der Waals surface area contributed by atoms with Crippen LogP contribution in [0, 0.1) is 13.8 Å². The van der Waals surface area contributed by atoms with Crippen molar-refractivity contribution in [3.05, 3.63) is 59.7 Å². The molecule has 0 aromatic heterocycles. The first kappa shape index (κ1) is 21.4. The normalized spacial score (nSPS) is 11.1. The molecule has 0 saturated carbocycles. The summed E-state index contributed by atoms with van der Waals surface area (Å²) >= 11 is 0. The van der Waals surface area contributed by atoms with Gasteiger partial charge in [0.05, 0.1) is 11.4 Å². The van der Waals surface area contributed by atoms with E-state index in [0.717, 1.165) is 15.4 Å². The van der Waals surface area contributed by atoms with Crippen molar-refractivity contribution in [3.8, 4) is 5.75 Å². The van der Waals surface area contributed by atoms with E-state index in [1.54, 1.807) is 30.3 Å². The molecule has 0 unspecified atom stereocenters. The average Bonchev–Trinajstić information content (AvgIpc) is 2.65. The first-order valence-corrected chi connectivity index (χ1v) is 9.92. The van der Waals surface area contributed by atoms with E-state index in [1.807, 2.05) is 19.9 Å². The van der Waals surface area contributed by atoms with Crippen LogP contribution in [0.1, 0.15) is 11.1 Å². The van der Waals surface area contributed by atoms with Gasteiger partial charge in [0.25, 0.3) is 11.8 Å². The molecule has 150 valence electrons. The number of carbonyl (C=O) groups excluding carboxylic acids is 2. The number of hydrazine groups is 1. The van der Waals surface area contributed by atoms with Crippen LogP contribution < -0.4 is 15.6 Å². The Morgan fingerprint density at radius 3 is 2.25 bits per heavy atom. The lowest BCUT2D eigenvalue weighted by Crippen LogP contribution is -2.48. The molecule has 28 heavy (non-hydrogen) atoms. The summed E-state index contributed by atoms with van der Waals surface area (Å²) in [6.07, 6.45) is 0. The molecule has 0 bridgehead atoms. The van der Waals surface area contributed by atoms with Crippen molar-refractivity contribution in [2.45, 2.75) is 18.7 Å². The van der Waals surface area contributed by atoms with E-state index < -0.39 is 28.4 Å². The maximum atomic E-state index is 12.4. The fourth-order valence-corrected chi connectivity index (χ4v) is 3.37.